The molecule has 1 heterocycles. The summed E-state index contributed by atoms with van der Waals surface area (Å²) in [7, 11) is 0. The number of likely N-dealkylation sites (tertiary alicyclic amines) is 1. The largest absolute Gasteiger partial charge is 0.394 e. The quantitative estimate of drug-likeness (QED) is 0.709. The Hall–Kier alpha value is -0.610. The number of hydrogen-bond donors (Lipinski definition) is 2. The Balaban J connectivity index is 2.52. The summed E-state index contributed by atoms with van der Waals surface area (Å²) in [6.07, 6.45) is 2.21. The zero-order valence-corrected chi connectivity index (χ0v) is 9.65. The Morgan fingerprint density at radius 2 is 2.33 bits per heavy atom. The molecular formula is C11H22N2O2. The number of aliphatic hydroxyl groups excluding tert-OH is 1. The van der Waals surface area contributed by atoms with Crippen molar-refractivity contribution >= 4 is 5.91 Å². The van der Waals surface area contributed by atoms with E-state index in [4.69, 9.17) is 5.73 Å². The summed E-state index contributed by atoms with van der Waals surface area (Å²) < 4.78 is 0. The molecule has 0 saturated carbocycles. The lowest BCUT2D eigenvalue weighted by molar-refractivity contribution is -0.133. The highest BCUT2D eigenvalue weighted by molar-refractivity contribution is 5.77. The average Bonchev–Trinajstić information content (AvgIpc) is 2.59. The van der Waals surface area contributed by atoms with Crippen LogP contribution in [0.2, 0.25) is 0 Å². The summed E-state index contributed by atoms with van der Waals surface area (Å²) in [5.74, 6) is 0.490. The van der Waals surface area contributed by atoms with E-state index in [1.165, 1.54) is 0 Å². The molecule has 3 unspecified atom stereocenters. The third-order valence-corrected chi connectivity index (χ3v) is 3.35. The zero-order valence-electron chi connectivity index (χ0n) is 9.65. The predicted octanol–water partition coefficient (Wildman–Crippen LogP) is 0.343. The minimum atomic E-state index is -0.0484. The van der Waals surface area contributed by atoms with Gasteiger partial charge in [-0.1, -0.05) is 13.8 Å². The molecule has 15 heavy (non-hydrogen) atoms. The Kier molecular flexibility index (Phi) is 4.54. The maximum atomic E-state index is 11.9. The van der Waals surface area contributed by atoms with Crippen LogP contribution < -0.4 is 5.73 Å². The molecule has 0 aromatic rings. The first-order valence-electron chi connectivity index (χ1n) is 5.76. The Morgan fingerprint density at radius 1 is 1.67 bits per heavy atom. The lowest BCUT2D eigenvalue weighted by Crippen LogP contribution is -2.42. The van der Waals surface area contributed by atoms with Gasteiger partial charge in [-0.25, -0.2) is 0 Å². The van der Waals surface area contributed by atoms with Crippen LogP contribution in [0.15, 0.2) is 0 Å². The summed E-state index contributed by atoms with van der Waals surface area (Å²) in [6.45, 7) is 4.89. The van der Waals surface area contributed by atoms with Crippen LogP contribution in [0.5, 0.6) is 0 Å². The van der Waals surface area contributed by atoms with E-state index in [2.05, 4.69) is 6.92 Å². The van der Waals surface area contributed by atoms with E-state index in [0.29, 0.717) is 12.3 Å². The topological polar surface area (TPSA) is 66.6 Å². The van der Waals surface area contributed by atoms with Crippen molar-refractivity contribution in [2.24, 2.45) is 11.7 Å². The van der Waals surface area contributed by atoms with E-state index in [1.54, 1.807) is 4.90 Å². The van der Waals surface area contributed by atoms with Gasteiger partial charge >= 0.3 is 0 Å². The lowest BCUT2D eigenvalue weighted by atomic mass is 10.0. The predicted molar refractivity (Wildman–Crippen MR) is 59.3 cm³/mol. The molecule has 0 spiro atoms. The van der Waals surface area contributed by atoms with Gasteiger partial charge in [-0.3, -0.25) is 4.79 Å². The second kappa shape index (κ2) is 5.47. The monoisotopic (exact) mass is 214 g/mol. The van der Waals surface area contributed by atoms with Crippen LogP contribution in [-0.2, 0) is 4.79 Å². The van der Waals surface area contributed by atoms with Crippen molar-refractivity contribution in [1.29, 1.82) is 0 Å². The van der Waals surface area contributed by atoms with Gasteiger partial charge in [0.25, 0.3) is 0 Å². The molecule has 1 aliphatic heterocycles. The van der Waals surface area contributed by atoms with Gasteiger partial charge < -0.3 is 15.7 Å². The maximum absolute atomic E-state index is 11.9. The molecule has 4 nitrogen and oxygen atoms in total. The molecule has 88 valence electrons. The molecular weight excluding hydrogens is 192 g/mol. The SMILES string of the molecule is CCC(N)CC(=O)N1CCC(C)C1CO. The van der Waals surface area contributed by atoms with Gasteiger partial charge in [0.2, 0.25) is 5.91 Å². The van der Waals surface area contributed by atoms with Crippen LogP contribution in [0, 0.1) is 5.92 Å². The molecule has 1 amide bonds. The highest BCUT2D eigenvalue weighted by Gasteiger charge is 2.33. The molecule has 3 N–H and O–H groups in total. The number of carbonyl (C=O) groups is 1. The standard InChI is InChI=1S/C11H22N2O2/c1-3-9(12)6-11(15)13-5-4-8(2)10(13)7-14/h8-10,14H,3-7,12H2,1-2H3. The van der Waals surface area contributed by atoms with E-state index in [9.17, 15) is 9.90 Å². The van der Waals surface area contributed by atoms with Crippen molar-refractivity contribution in [2.45, 2.75) is 45.2 Å². The van der Waals surface area contributed by atoms with Crippen molar-refractivity contribution in [3.05, 3.63) is 0 Å². The Bertz CT molecular complexity index is 221. The van der Waals surface area contributed by atoms with Gasteiger partial charge in [-0.15, -0.1) is 0 Å². The lowest BCUT2D eigenvalue weighted by Gasteiger charge is -2.26. The number of aliphatic hydroxyl groups is 1. The molecule has 1 aliphatic rings. The summed E-state index contributed by atoms with van der Waals surface area (Å²) in [6, 6.07) is -0.0469. The van der Waals surface area contributed by atoms with Crippen molar-refractivity contribution in [2.75, 3.05) is 13.2 Å². The molecule has 1 rings (SSSR count). The summed E-state index contributed by atoms with van der Waals surface area (Å²) in [5, 5.41) is 9.22. The van der Waals surface area contributed by atoms with Crippen LogP contribution in [0.4, 0.5) is 0 Å². The molecule has 1 saturated heterocycles. The first-order chi connectivity index (χ1) is 7.10. The summed E-state index contributed by atoms with van der Waals surface area (Å²) >= 11 is 0. The number of nitrogens with two attached hydrogens (primary N) is 1. The van der Waals surface area contributed by atoms with Gasteiger partial charge in [0.15, 0.2) is 0 Å². The molecule has 0 radical (unpaired) electrons. The number of hydrogen-bond acceptors (Lipinski definition) is 3. The molecule has 0 aromatic heterocycles. The first kappa shape index (κ1) is 12.5. The molecule has 0 aliphatic carbocycles. The van der Waals surface area contributed by atoms with Gasteiger partial charge in [-0.05, 0) is 18.8 Å². The number of amides is 1. The minimum Gasteiger partial charge on any atom is -0.394 e. The average molecular weight is 214 g/mol. The fourth-order valence-electron chi connectivity index (χ4n) is 2.08. The van der Waals surface area contributed by atoms with Gasteiger partial charge in [0.1, 0.15) is 0 Å². The van der Waals surface area contributed by atoms with E-state index < -0.39 is 0 Å². The third-order valence-electron chi connectivity index (χ3n) is 3.35. The Morgan fingerprint density at radius 3 is 2.87 bits per heavy atom. The third kappa shape index (κ3) is 2.92. The second-order valence-corrected chi connectivity index (χ2v) is 4.48. The fourth-order valence-corrected chi connectivity index (χ4v) is 2.08. The maximum Gasteiger partial charge on any atom is 0.224 e. The van der Waals surface area contributed by atoms with Crippen molar-refractivity contribution in [3.63, 3.8) is 0 Å². The fraction of sp³-hybridized carbons (Fsp3) is 0.909. The van der Waals surface area contributed by atoms with Crippen LogP contribution in [0.3, 0.4) is 0 Å². The zero-order chi connectivity index (χ0) is 11.4. The number of nitrogens with zero attached hydrogens (tertiary/aromatic N) is 1. The molecule has 1 fully saturated rings. The molecule has 0 aromatic carbocycles. The van der Waals surface area contributed by atoms with E-state index in [-0.39, 0.29) is 24.6 Å². The summed E-state index contributed by atoms with van der Waals surface area (Å²) in [5.41, 5.74) is 5.75. The van der Waals surface area contributed by atoms with Gasteiger partial charge in [0, 0.05) is 19.0 Å². The van der Waals surface area contributed by atoms with Gasteiger partial charge in [-0.2, -0.15) is 0 Å². The van der Waals surface area contributed by atoms with Crippen molar-refractivity contribution in [3.8, 4) is 0 Å². The smallest absolute Gasteiger partial charge is 0.224 e. The van der Waals surface area contributed by atoms with Crippen LogP contribution in [-0.4, -0.2) is 41.1 Å². The Labute approximate surface area is 91.4 Å². The first-order valence-corrected chi connectivity index (χ1v) is 5.76. The van der Waals surface area contributed by atoms with Crippen LogP contribution >= 0.6 is 0 Å². The minimum absolute atomic E-state index is 0.00144. The molecule has 4 heteroatoms. The highest BCUT2D eigenvalue weighted by atomic mass is 16.3. The van der Waals surface area contributed by atoms with E-state index >= 15 is 0 Å². The normalized spacial score (nSPS) is 28.1. The summed E-state index contributed by atoms with van der Waals surface area (Å²) in [4.78, 5) is 13.7. The molecule has 0 bridgehead atoms. The number of rotatable bonds is 4. The van der Waals surface area contributed by atoms with Crippen molar-refractivity contribution < 1.29 is 9.90 Å². The van der Waals surface area contributed by atoms with Crippen molar-refractivity contribution in [1.82, 2.24) is 4.90 Å². The van der Waals surface area contributed by atoms with Gasteiger partial charge in [0.05, 0.1) is 12.6 Å². The van der Waals surface area contributed by atoms with E-state index in [1.807, 2.05) is 6.92 Å². The van der Waals surface area contributed by atoms with E-state index in [0.717, 1.165) is 19.4 Å². The van der Waals surface area contributed by atoms with Crippen LogP contribution in [0.25, 0.3) is 0 Å². The molecule has 3 atom stereocenters. The highest BCUT2D eigenvalue weighted by Crippen LogP contribution is 2.24. The number of carbonyl (C=O) groups excluding carboxylic acids is 1. The van der Waals surface area contributed by atoms with Crippen LogP contribution in [0.1, 0.15) is 33.1 Å². The second-order valence-electron chi connectivity index (χ2n) is 4.48.